The van der Waals surface area contributed by atoms with Gasteiger partial charge in [-0.1, -0.05) is 31.5 Å². The van der Waals surface area contributed by atoms with E-state index in [2.05, 4.69) is 19.2 Å². The molecule has 0 fully saturated rings. The first-order valence-electron chi connectivity index (χ1n) is 5.82. The molecule has 2 nitrogen and oxygen atoms in total. The van der Waals surface area contributed by atoms with Gasteiger partial charge in [0.2, 0.25) is 0 Å². The van der Waals surface area contributed by atoms with E-state index in [1.54, 1.807) is 6.07 Å². The van der Waals surface area contributed by atoms with Crippen molar-refractivity contribution in [1.29, 1.82) is 0 Å². The lowest BCUT2D eigenvalue weighted by molar-refractivity contribution is 0.111. The molecule has 4 heteroatoms. The second-order valence-corrected chi connectivity index (χ2v) is 4.80. The van der Waals surface area contributed by atoms with Crippen LogP contribution in [0, 0.1) is 11.7 Å². The molecular formula is C13H19ClFNO. The molecule has 96 valence electrons. The highest BCUT2D eigenvalue weighted by Crippen LogP contribution is 2.15. The molecule has 1 aromatic rings. The van der Waals surface area contributed by atoms with Gasteiger partial charge in [0.15, 0.2) is 0 Å². The van der Waals surface area contributed by atoms with Gasteiger partial charge < -0.3 is 10.1 Å². The minimum atomic E-state index is -0.373. The summed E-state index contributed by atoms with van der Waals surface area (Å²) >= 11 is 5.60. The summed E-state index contributed by atoms with van der Waals surface area (Å²) in [5.74, 6) is 0.183. The molecular weight excluding hydrogens is 241 g/mol. The van der Waals surface area contributed by atoms with Crippen LogP contribution >= 0.6 is 11.6 Å². The zero-order valence-electron chi connectivity index (χ0n) is 10.3. The molecule has 0 aliphatic heterocycles. The zero-order valence-corrected chi connectivity index (χ0v) is 11.1. The van der Waals surface area contributed by atoms with Gasteiger partial charge in [0.05, 0.1) is 11.6 Å². The van der Waals surface area contributed by atoms with Gasteiger partial charge in [0.1, 0.15) is 5.82 Å². The van der Waals surface area contributed by atoms with Gasteiger partial charge in [-0.3, -0.25) is 0 Å². The second-order valence-electron chi connectivity index (χ2n) is 4.39. The molecule has 1 N–H and O–H groups in total. The molecule has 0 amide bonds. The molecule has 0 bridgehead atoms. The van der Waals surface area contributed by atoms with E-state index in [1.165, 1.54) is 6.07 Å². The molecule has 0 atom stereocenters. The Bertz CT molecular complexity index is 344. The fourth-order valence-electron chi connectivity index (χ4n) is 1.35. The molecule has 0 spiro atoms. The smallest absolute Gasteiger partial charge is 0.142 e. The average Bonchev–Trinajstić information content (AvgIpc) is 2.27. The summed E-state index contributed by atoms with van der Waals surface area (Å²) in [6.07, 6.45) is 0. The van der Waals surface area contributed by atoms with Crippen LogP contribution < -0.4 is 5.32 Å². The molecule has 0 radical (unpaired) electrons. The Kier molecular flexibility index (Phi) is 6.48. The average molecular weight is 260 g/mol. The van der Waals surface area contributed by atoms with Gasteiger partial charge in [0.25, 0.3) is 0 Å². The maximum absolute atomic E-state index is 13.1. The fraction of sp³-hybridized carbons (Fsp3) is 0.538. The normalized spacial score (nSPS) is 11.1. The van der Waals surface area contributed by atoms with Crippen molar-refractivity contribution in [1.82, 2.24) is 5.32 Å². The zero-order chi connectivity index (χ0) is 12.7. The number of nitrogens with one attached hydrogen (secondary N) is 1. The molecule has 0 heterocycles. The summed E-state index contributed by atoms with van der Waals surface area (Å²) in [6.45, 7) is 7.06. The Hall–Kier alpha value is -0.640. The summed E-state index contributed by atoms with van der Waals surface area (Å²) in [4.78, 5) is 0. The fourth-order valence-corrected chi connectivity index (χ4v) is 1.46. The molecule has 1 rings (SSSR count). The SMILES string of the molecule is CC(C)COCCNCc1ccc(Cl)c(F)c1. The third-order valence-corrected chi connectivity index (χ3v) is 2.49. The van der Waals surface area contributed by atoms with Crippen molar-refractivity contribution in [2.75, 3.05) is 19.8 Å². The highest BCUT2D eigenvalue weighted by molar-refractivity contribution is 6.30. The summed E-state index contributed by atoms with van der Waals surface area (Å²) in [5, 5.41) is 3.35. The Labute approximate surface area is 107 Å². The third-order valence-electron chi connectivity index (χ3n) is 2.19. The van der Waals surface area contributed by atoms with Crippen molar-refractivity contribution in [2.45, 2.75) is 20.4 Å². The van der Waals surface area contributed by atoms with Crippen molar-refractivity contribution >= 4 is 11.6 Å². The standard InChI is InChI=1S/C13H19ClFNO/c1-10(2)9-17-6-5-16-8-11-3-4-12(14)13(15)7-11/h3-4,7,10,16H,5-6,8-9H2,1-2H3. The number of benzene rings is 1. The Morgan fingerprint density at radius 2 is 2.18 bits per heavy atom. The summed E-state index contributed by atoms with van der Waals surface area (Å²) in [6, 6.07) is 4.83. The summed E-state index contributed by atoms with van der Waals surface area (Å²) in [7, 11) is 0. The van der Waals surface area contributed by atoms with E-state index in [0.29, 0.717) is 19.1 Å². The van der Waals surface area contributed by atoms with E-state index < -0.39 is 0 Å². The largest absolute Gasteiger partial charge is 0.380 e. The monoisotopic (exact) mass is 259 g/mol. The lowest BCUT2D eigenvalue weighted by Crippen LogP contribution is -2.20. The van der Waals surface area contributed by atoms with Crippen LogP contribution in [0.1, 0.15) is 19.4 Å². The number of halogens is 2. The molecule has 0 aliphatic rings. The number of rotatable bonds is 7. The molecule has 1 aromatic carbocycles. The van der Waals surface area contributed by atoms with Crippen molar-refractivity contribution in [3.05, 3.63) is 34.6 Å². The van der Waals surface area contributed by atoms with Crippen LogP contribution in [0.4, 0.5) is 4.39 Å². The molecule has 0 aliphatic carbocycles. The molecule has 0 saturated heterocycles. The maximum Gasteiger partial charge on any atom is 0.142 e. The topological polar surface area (TPSA) is 21.3 Å². The van der Waals surface area contributed by atoms with Crippen LogP contribution in [-0.4, -0.2) is 19.8 Å². The van der Waals surface area contributed by atoms with Crippen molar-refractivity contribution in [3.63, 3.8) is 0 Å². The van der Waals surface area contributed by atoms with Gasteiger partial charge in [0, 0.05) is 19.7 Å². The first-order chi connectivity index (χ1) is 8.09. The summed E-state index contributed by atoms with van der Waals surface area (Å²) in [5.41, 5.74) is 0.885. The van der Waals surface area contributed by atoms with Gasteiger partial charge in [-0.2, -0.15) is 0 Å². The molecule has 0 saturated carbocycles. The minimum Gasteiger partial charge on any atom is -0.380 e. The quantitative estimate of drug-likeness (QED) is 0.759. The van der Waals surface area contributed by atoms with Gasteiger partial charge in [-0.05, 0) is 23.6 Å². The third kappa shape index (κ3) is 6.01. The first-order valence-corrected chi connectivity index (χ1v) is 6.19. The summed E-state index contributed by atoms with van der Waals surface area (Å²) < 4.78 is 18.5. The van der Waals surface area contributed by atoms with Crippen LogP contribution in [0.2, 0.25) is 5.02 Å². The highest BCUT2D eigenvalue weighted by atomic mass is 35.5. The van der Waals surface area contributed by atoms with Gasteiger partial charge >= 0.3 is 0 Å². The van der Waals surface area contributed by atoms with Crippen LogP contribution in [0.25, 0.3) is 0 Å². The van der Waals surface area contributed by atoms with Crippen molar-refractivity contribution in [3.8, 4) is 0 Å². The molecule has 0 unspecified atom stereocenters. The molecule has 0 aromatic heterocycles. The van der Waals surface area contributed by atoms with E-state index in [0.717, 1.165) is 18.7 Å². The van der Waals surface area contributed by atoms with E-state index >= 15 is 0 Å². The van der Waals surface area contributed by atoms with Crippen LogP contribution in [-0.2, 0) is 11.3 Å². The van der Waals surface area contributed by atoms with E-state index in [4.69, 9.17) is 16.3 Å². The van der Waals surface area contributed by atoms with Crippen molar-refractivity contribution in [2.24, 2.45) is 5.92 Å². The highest BCUT2D eigenvalue weighted by Gasteiger charge is 2.00. The van der Waals surface area contributed by atoms with E-state index in [9.17, 15) is 4.39 Å². The second kappa shape index (κ2) is 7.64. The van der Waals surface area contributed by atoms with Crippen LogP contribution in [0.3, 0.4) is 0 Å². The van der Waals surface area contributed by atoms with E-state index in [1.807, 2.05) is 6.07 Å². The first kappa shape index (κ1) is 14.4. The predicted octanol–water partition coefficient (Wildman–Crippen LogP) is 3.24. The van der Waals surface area contributed by atoms with Gasteiger partial charge in [-0.25, -0.2) is 4.39 Å². The van der Waals surface area contributed by atoms with Crippen molar-refractivity contribution < 1.29 is 9.13 Å². The lowest BCUT2D eigenvalue weighted by Gasteiger charge is -2.08. The Morgan fingerprint density at radius 1 is 1.41 bits per heavy atom. The Morgan fingerprint density at radius 3 is 2.82 bits per heavy atom. The maximum atomic E-state index is 13.1. The predicted molar refractivity (Wildman–Crippen MR) is 68.8 cm³/mol. The number of hydrogen-bond acceptors (Lipinski definition) is 2. The van der Waals surface area contributed by atoms with Crippen LogP contribution in [0.5, 0.6) is 0 Å². The van der Waals surface area contributed by atoms with Gasteiger partial charge in [-0.15, -0.1) is 0 Å². The number of hydrogen-bond donors (Lipinski definition) is 1. The Balaban J connectivity index is 2.16. The number of ether oxygens (including phenoxy) is 1. The lowest BCUT2D eigenvalue weighted by atomic mass is 10.2. The van der Waals surface area contributed by atoms with Crippen LogP contribution in [0.15, 0.2) is 18.2 Å². The minimum absolute atomic E-state index is 0.161. The van der Waals surface area contributed by atoms with E-state index in [-0.39, 0.29) is 10.8 Å². The molecule has 17 heavy (non-hydrogen) atoms.